The van der Waals surface area contributed by atoms with Crippen molar-refractivity contribution < 1.29 is 52.7 Å². The standard InChI is InChI=1S/C23H25NO3.C21H24N2O.C21H21NO2.C20H20BrNO3.C3H7BO2/c1-2-18(14-17-8-10-23(11-9-17)25-12-13-26-23)15-21(3-1)27-22-7-6-20(16-24-22)19-4-5-19;22-19-9-4-15(5-10-19)12-16-2-1-3-20(13-16)24-21-11-8-18(14-23-21)17-6-7-17;23-19-9-4-15(5-10-19)12-16-2-1-3-20(13-16)24-21-11-8-18(14-22-21)17-6-7-17;21-17-4-5-19(22-14-17)25-18-3-1-2-16(13-18)12-15-6-8-20(9-7-15)23-10-11-24-20;5-4(6)3-1-2-3/h1-3,6-7,14-16,19H,4-5,8-13H2;1-3,8,11-14,17,19H,4-7,9-10,22H2;1-3,8,11-14,17H,4-7,9-10H2;1-5,12-14H,6-11H2;3,5-6H,1-2H2. The topological polar surface area (TPSA) is 209 Å². The van der Waals surface area contributed by atoms with E-state index in [1.54, 1.807) is 6.20 Å². The zero-order chi connectivity index (χ0) is 72.5. The van der Waals surface area contributed by atoms with Gasteiger partial charge in [0.05, 0.1) is 26.4 Å². The van der Waals surface area contributed by atoms with E-state index in [9.17, 15) is 4.79 Å². The second kappa shape index (κ2) is 36.0. The summed E-state index contributed by atoms with van der Waals surface area (Å²) in [6.45, 7) is 2.91. The average Bonchev–Trinajstić information content (AvgIpc) is 1.71. The first kappa shape index (κ1) is 74.4. The van der Waals surface area contributed by atoms with Crippen molar-refractivity contribution in [1.82, 2.24) is 19.9 Å². The Hall–Kier alpha value is -8.43. The van der Waals surface area contributed by atoms with E-state index < -0.39 is 7.12 Å². The Balaban J connectivity index is 0.000000116. The van der Waals surface area contributed by atoms with Gasteiger partial charge in [0.15, 0.2) is 11.6 Å². The minimum atomic E-state index is -1.04. The van der Waals surface area contributed by atoms with Crippen LogP contribution in [0.2, 0.25) is 5.82 Å². The number of carbonyl (C=O) groups excluding carboxylic acids is 1. The monoisotopic (exact) mass is 1490 g/mol. The minimum Gasteiger partial charge on any atom is -0.439 e. The van der Waals surface area contributed by atoms with Gasteiger partial charge in [-0.05, 0) is 236 Å². The molecule has 4 aromatic heterocycles. The lowest BCUT2D eigenvalue weighted by atomic mass is 9.84. The first-order valence-electron chi connectivity index (χ1n) is 38.4. The van der Waals surface area contributed by atoms with Crippen LogP contribution in [0.3, 0.4) is 0 Å². The van der Waals surface area contributed by atoms with Crippen molar-refractivity contribution >= 4 is 53.1 Å². The molecular weight excluding hydrogens is 1390 g/mol. The number of hydrogen-bond acceptors (Lipinski definition) is 16. The molecule has 8 saturated carbocycles. The van der Waals surface area contributed by atoms with Crippen LogP contribution in [0, 0.1) is 0 Å². The van der Waals surface area contributed by atoms with Gasteiger partial charge in [-0.2, -0.15) is 0 Å². The van der Waals surface area contributed by atoms with Crippen LogP contribution in [0.1, 0.15) is 211 Å². The van der Waals surface area contributed by atoms with E-state index in [-0.39, 0.29) is 17.4 Å². The highest BCUT2D eigenvalue weighted by atomic mass is 79.9. The molecule has 2 aliphatic heterocycles. The highest BCUT2D eigenvalue weighted by Crippen LogP contribution is 2.45. The summed E-state index contributed by atoms with van der Waals surface area (Å²) in [5.74, 6) is 7.91. The quantitative estimate of drug-likeness (QED) is 0.0769. The van der Waals surface area contributed by atoms with Crippen molar-refractivity contribution in [2.45, 2.75) is 195 Å². The molecule has 2 spiro atoms. The third-order valence-electron chi connectivity index (χ3n) is 21.0. The lowest BCUT2D eigenvalue weighted by Crippen LogP contribution is -2.33. The van der Waals surface area contributed by atoms with Crippen molar-refractivity contribution in [2.24, 2.45) is 5.73 Å². The molecule has 0 radical (unpaired) electrons. The molecule has 10 aliphatic rings. The fourth-order valence-corrected chi connectivity index (χ4v) is 14.4. The maximum atomic E-state index is 11.3. The van der Waals surface area contributed by atoms with Crippen LogP contribution in [0.5, 0.6) is 46.5 Å². The number of Topliss-reactive ketones (excluding diaryl/α,β-unsaturated/α-hetero) is 1. The molecule has 18 rings (SSSR count). The Morgan fingerprint density at radius 2 is 0.717 bits per heavy atom. The second-order valence-electron chi connectivity index (χ2n) is 29.7. The normalized spacial score (nSPS) is 19.8. The van der Waals surface area contributed by atoms with Crippen molar-refractivity contribution in [3.05, 3.63) is 236 Å². The largest absolute Gasteiger partial charge is 0.454 e. The summed E-state index contributed by atoms with van der Waals surface area (Å²) in [6, 6.07) is 49.0. The van der Waals surface area contributed by atoms with Crippen LogP contribution in [0.4, 0.5) is 0 Å². The summed E-state index contributed by atoms with van der Waals surface area (Å²) in [5, 5.41) is 16.5. The maximum absolute atomic E-state index is 11.3. The van der Waals surface area contributed by atoms with Gasteiger partial charge >= 0.3 is 7.12 Å². The molecule has 2 saturated heterocycles. The molecule has 0 bridgehead atoms. The smallest absolute Gasteiger partial charge is 0.439 e. The van der Waals surface area contributed by atoms with E-state index in [1.165, 1.54) is 88.6 Å². The third-order valence-corrected chi connectivity index (χ3v) is 21.5. The van der Waals surface area contributed by atoms with Crippen molar-refractivity contribution in [3.63, 3.8) is 0 Å². The van der Waals surface area contributed by atoms with Crippen molar-refractivity contribution in [2.75, 3.05) is 26.4 Å². The molecule has 8 aromatic rings. The Labute approximate surface area is 632 Å². The first-order valence-corrected chi connectivity index (χ1v) is 39.2. The predicted molar refractivity (Wildman–Crippen MR) is 418 cm³/mol. The Bertz CT molecular complexity index is 4300. The number of benzene rings is 4. The van der Waals surface area contributed by atoms with Crippen LogP contribution in [-0.4, -0.2) is 86.9 Å². The van der Waals surface area contributed by atoms with Gasteiger partial charge in [0, 0.05) is 98.1 Å². The number of hydrogen-bond donors (Lipinski definition) is 3. The third kappa shape index (κ3) is 22.8. The maximum Gasteiger partial charge on any atom is 0.454 e. The van der Waals surface area contributed by atoms with Crippen LogP contribution in [0.15, 0.2) is 197 Å². The molecule has 0 unspecified atom stereocenters. The molecule has 18 heteroatoms. The van der Waals surface area contributed by atoms with E-state index in [0.29, 0.717) is 54.1 Å². The van der Waals surface area contributed by atoms with Crippen LogP contribution in [-0.2, 0) is 23.7 Å². The van der Waals surface area contributed by atoms with E-state index in [0.717, 1.165) is 180 Å². The second-order valence-corrected chi connectivity index (χ2v) is 30.6. The Morgan fingerprint density at radius 3 is 1.00 bits per heavy atom. The predicted octanol–water partition coefficient (Wildman–Crippen LogP) is 20.7. The number of carbonyl (C=O) groups is 1. The molecule has 4 N–H and O–H groups in total. The van der Waals surface area contributed by atoms with Gasteiger partial charge in [0.2, 0.25) is 23.5 Å². The zero-order valence-electron chi connectivity index (χ0n) is 60.6. The summed E-state index contributed by atoms with van der Waals surface area (Å²) >= 11 is 3.38. The van der Waals surface area contributed by atoms with E-state index in [4.69, 9.17) is 53.7 Å². The molecule has 106 heavy (non-hydrogen) atoms. The van der Waals surface area contributed by atoms with Crippen LogP contribution >= 0.6 is 15.9 Å². The number of halogens is 1. The molecule has 8 aliphatic carbocycles. The number of nitrogens with two attached hydrogens (primary N) is 1. The van der Waals surface area contributed by atoms with Crippen LogP contribution in [0.25, 0.3) is 24.3 Å². The number of ketones is 1. The molecule has 16 nitrogen and oxygen atoms in total. The molecule has 6 heterocycles. The number of aromatic nitrogens is 4. The Morgan fingerprint density at radius 1 is 0.396 bits per heavy atom. The lowest BCUT2D eigenvalue weighted by Gasteiger charge is -2.32. The van der Waals surface area contributed by atoms with Crippen molar-refractivity contribution in [3.8, 4) is 46.5 Å². The summed E-state index contributed by atoms with van der Waals surface area (Å²) in [7, 11) is -1.04. The first-order chi connectivity index (χ1) is 51.8. The summed E-state index contributed by atoms with van der Waals surface area (Å²) in [6.07, 6.45) is 41.7. The van der Waals surface area contributed by atoms with Gasteiger partial charge in [0.25, 0.3) is 0 Å². The van der Waals surface area contributed by atoms with E-state index in [1.807, 2.05) is 110 Å². The van der Waals surface area contributed by atoms with Crippen LogP contribution < -0.4 is 24.7 Å². The fourth-order valence-electron chi connectivity index (χ4n) is 14.2. The summed E-state index contributed by atoms with van der Waals surface area (Å²) in [5.41, 5.74) is 20.3. The molecule has 550 valence electrons. The molecular formula is C88H97BBrN5O11. The van der Waals surface area contributed by atoms with E-state index in [2.05, 4.69) is 115 Å². The lowest BCUT2D eigenvalue weighted by molar-refractivity contribution is -0.171. The molecule has 4 aromatic carbocycles. The summed E-state index contributed by atoms with van der Waals surface area (Å²) < 4.78 is 47.8. The highest BCUT2D eigenvalue weighted by Gasteiger charge is 2.40. The van der Waals surface area contributed by atoms with Gasteiger partial charge in [-0.25, -0.2) is 19.9 Å². The number of ether oxygens (including phenoxy) is 8. The summed E-state index contributed by atoms with van der Waals surface area (Å²) in [4.78, 5) is 28.9. The van der Waals surface area contributed by atoms with E-state index >= 15 is 0 Å². The molecule has 0 atom stereocenters. The highest BCUT2D eigenvalue weighted by molar-refractivity contribution is 9.10. The Kier molecular flexibility index (Phi) is 25.3. The van der Waals surface area contributed by atoms with Crippen molar-refractivity contribution in [1.29, 1.82) is 0 Å². The van der Waals surface area contributed by atoms with Gasteiger partial charge in [0.1, 0.15) is 28.8 Å². The van der Waals surface area contributed by atoms with Gasteiger partial charge in [-0.3, -0.25) is 4.79 Å². The minimum absolute atomic E-state index is 0.213. The fraction of sp³-hybridized carbons (Fsp3) is 0.398. The number of allylic oxidation sites excluding steroid dienone is 4. The molecule has 0 amide bonds. The number of nitrogens with zero attached hydrogens (tertiary/aromatic N) is 4. The average molecular weight is 1490 g/mol. The number of pyridine rings is 4. The molecule has 10 fully saturated rings. The van der Waals surface area contributed by atoms with Gasteiger partial charge in [-0.15, -0.1) is 0 Å². The van der Waals surface area contributed by atoms with Gasteiger partial charge in [-0.1, -0.05) is 126 Å². The van der Waals surface area contributed by atoms with Gasteiger partial charge < -0.3 is 53.7 Å². The number of rotatable bonds is 16. The SMILES string of the molecule is Brc1ccc(Oc2cccc(C=C3CCC4(CC3)OCCO4)c2)nc1.C(=C1CCC2(CC1)OCCO2)c1cccc(Oc2ccc(C3CC3)cn2)c1.NC1CCC(=Cc2cccc(Oc3ccc(C4CC4)cn3)c2)CC1.O=C1CCC(=Cc2cccc(Oc3ccc(C4CC4)cn3)c2)CC1.OB(O)C1CC1. The zero-order valence-corrected chi connectivity index (χ0v) is 62.1.